The van der Waals surface area contributed by atoms with Crippen molar-refractivity contribution in [1.29, 1.82) is 0 Å². The highest BCUT2D eigenvalue weighted by Gasteiger charge is 2.28. The van der Waals surface area contributed by atoms with Crippen molar-refractivity contribution >= 4 is 29.0 Å². The van der Waals surface area contributed by atoms with Crippen molar-refractivity contribution < 1.29 is 4.79 Å². The minimum atomic E-state index is -0.0794. The summed E-state index contributed by atoms with van der Waals surface area (Å²) in [5.74, 6) is 0.247. The van der Waals surface area contributed by atoms with Gasteiger partial charge >= 0.3 is 0 Å². The number of rotatable bonds is 5. The first kappa shape index (κ1) is 15.8. The Morgan fingerprint density at radius 3 is 2.65 bits per heavy atom. The van der Waals surface area contributed by atoms with Gasteiger partial charge in [0.2, 0.25) is 5.91 Å². The molecule has 1 saturated carbocycles. The summed E-state index contributed by atoms with van der Waals surface area (Å²) in [6, 6.07) is 0.445. The maximum absolute atomic E-state index is 12.6. The molecule has 0 radical (unpaired) electrons. The predicted molar refractivity (Wildman–Crippen MR) is 84.2 cm³/mol. The van der Waals surface area contributed by atoms with Gasteiger partial charge in [0.15, 0.2) is 4.34 Å². The first-order valence-electron chi connectivity index (χ1n) is 7.39. The summed E-state index contributed by atoms with van der Waals surface area (Å²) < 4.78 is 0.892. The van der Waals surface area contributed by atoms with Crippen molar-refractivity contribution in [1.82, 2.24) is 15.1 Å². The molecule has 6 heteroatoms. The van der Waals surface area contributed by atoms with Gasteiger partial charge in [0.25, 0.3) is 0 Å². The van der Waals surface area contributed by atoms with Crippen LogP contribution in [0.25, 0.3) is 0 Å². The molecule has 0 N–H and O–H groups in total. The molecule has 1 aromatic heterocycles. The first-order valence-corrected chi connectivity index (χ1v) is 9.08. The van der Waals surface area contributed by atoms with Crippen LogP contribution in [0, 0.1) is 6.92 Å². The molecule has 1 aliphatic carbocycles. The van der Waals surface area contributed by atoms with Gasteiger partial charge in [0.1, 0.15) is 5.01 Å². The number of carbonyl (C=O) groups is 1. The predicted octanol–water partition coefficient (Wildman–Crippen LogP) is 3.51. The molecule has 0 spiro atoms. The Morgan fingerprint density at radius 2 is 2.10 bits per heavy atom. The van der Waals surface area contributed by atoms with Crippen LogP contribution in [0.2, 0.25) is 0 Å². The molecule has 1 unspecified atom stereocenters. The second-order valence-electron chi connectivity index (χ2n) is 5.26. The quantitative estimate of drug-likeness (QED) is 0.780. The van der Waals surface area contributed by atoms with Gasteiger partial charge in [-0.1, -0.05) is 42.4 Å². The van der Waals surface area contributed by atoms with Gasteiger partial charge in [-0.3, -0.25) is 4.79 Å². The summed E-state index contributed by atoms with van der Waals surface area (Å²) in [4.78, 5) is 14.7. The molecule has 4 nitrogen and oxygen atoms in total. The van der Waals surface area contributed by atoms with E-state index in [0.29, 0.717) is 6.04 Å². The number of aryl methyl sites for hydroxylation is 1. The summed E-state index contributed by atoms with van der Waals surface area (Å²) in [5, 5.41) is 8.97. The summed E-state index contributed by atoms with van der Waals surface area (Å²) in [5.41, 5.74) is 0. The molecule has 1 atom stereocenters. The lowest BCUT2D eigenvalue weighted by atomic mass is 9.94. The highest BCUT2D eigenvalue weighted by Crippen LogP contribution is 2.29. The zero-order valence-corrected chi connectivity index (χ0v) is 14.1. The van der Waals surface area contributed by atoms with E-state index in [9.17, 15) is 4.79 Å². The van der Waals surface area contributed by atoms with E-state index in [0.717, 1.165) is 28.7 Å². The molecule has 0 aliphatic heterocycles. The molecular weight excluding hydrogens is 290 g/mol. The van der Waals surface area contributed by atoms with Crippen LogP contribution in [0.3, 0.4) is 0 Å². The van der Waals surface area contributed by atoms with Crippen LogP contribution in [0.5, 0.6) is 0 Å². The summed E-state index contributed by atoms with van der Waals surface area (Å²) in [6.45, 7) is 6.81. The summed E-state index contributed by atoms with van der Waals surface area (Å²) >= 11 is 3.09. The third kappa shape index (κ3) is 3.95. The van der Waals surface area contributed by atoms with Crippen molar-refractivity contribution in [2.45, 2.75) is 68.5 Å². The Hall–Kier alpha value is -0.620. The second kappa shape index (κ2) is 7.41. The maximum atomic E-state index is 12.6. The normalized spacial score (nSPS) is 17.9. The Bertz CT molecular complexity index is 443. The SMILES string of the molecule is CCN(C(=O)C(C)Sc1nnc(C)s1)C1CCCCC1. The van der Waals surface area contributed by atoms with Gasteiger partial charge in [0, 0.05) is 12.6 Å². The van der Waals surface area contributed by atoms with E-state index in [-0.39, 0.29) is 11.2 Å². The number of hydrogen-bond acceptors (Lipinski definition) is 5. The van der Waals surface area contributed by atoms with Gasteiger partial charge in [-0.15, -0.1) is 10.2 Å². The van der Waals surface area contributed by atoms with Crippen molar-refractivity contribution in [3.05, 3.63) is 5.01 Å². The molecule has 0 bridgehead atoms. The molecule has 0 saturated heterocycles. The highest BCUT2D eigenvalue weighted by molar-refractivity contribution is 8.02. The Morgan fingerprint density at radius 1 is 1.40 bits per heavy atom. The van der Waals surface area contributed by atoms with Crippen LogP contribution < -0.4 is 0 Å². The molecule has 112 valence electrons. The van der Waals surface area contributed by atoms with E-state index in [1.807, 2.05) is 13.8 Å². The lowest BCUT2D eigenvalue weighted by Gasteiger charge is -2.35. The van der Waals surface area contributed by atoms with Gasteiger partial charge in [-0.25, -0.2) is 0 Å². The van der Waals surface area contributed by atoms with Crippen LogP contribution in [0.1, 0.15) is 51.0 Å². The average Bonchev–Trinajstić information content (AvgIpc) is 2.86. The van der Waals surface area contributed by atoms with Crippen LogP contribution in [-0.4, -0.2) is 38.8 Å². The molecule has 1 fully saturated rings. The van der Waals surface area contributed by atoms with Gasteiger partial charge in [-0.05, 0) is 33.6 Å². The van der Waals surface area contributed by atoms with E-state index in [1.54, 1.807) is 11.3 Å². The number of thioether (sulfide) groups is 1. The van der Waals surface area contributed by atoms with Gasteiger partial charge in [-0.2, -0.15) is 0 Å². The highest BCUT2D eigenvalue weighted by atomic mass is 32.2. The van der Waals surface area contributed by atoms with Crippen molar-refractivity contribution in [2.75, 3.05) is 6.54 Å². The maximum Gasteiger partial charge on any atom is 0.236 e. The van der Waals surface area contributed by atoms with Crippen molar-refractivity contribution in [2.24, 2.45) is 0 Å². The fourth-order valence-corrected chi connectivity index (χ4v) is 4.78. The molecule has 1 aliphatic rings. The summed E-state index contributed by atoms with van der Waals surface area (Å²) in [6.07, 6.45) is 6.15. The van der Waals surface area contributed by atoms with Gasteiger partial charge < -0.3 is 4.90 Å². The molecule has 20 heavy (non-hydrogen) atoms. The van der Waals surface area contributed by atoms with Crippen LogP contribution in [-0.2, 0) is 4.79 Å². The first-order chi connectivity index (χ1) is 9.61. The second-order valence-corrected chi connectivity index (χ2v) is 8.03. The Labute approximate surface area is 129 Å². The van der Waals surface area contributed by atoms with Crippen LogP contribution in [0.15, 0.2) is 4.34 Å². The van der Waals surface area contributed by atoms with Crippen LogP contribution in [0.4, 0.5) is 0 Å². The number of aromatic nitrogens is 2. The molecular formula is C14H23N3OS2. The smallest absolute Gasteiger partial charge is 0.236 e. The lowest BCUT2D eigenvalue weighted by molar-refractivity contribution is -0.133. The Balaban J connectivity index is 1.96. The van der Waals surface area contributed by atoms with E-state index in [1.165, 1.54) is 31.0 Å². The molecule has 2 rings (SSSR count). The standard InChI is InChI=1S/C14H23N3OS2/c1-4-17(12-8-6-5-7-9-12)13(18)10(2)19-14-16-15-11(3)20-14/h10,12H,4-9H2,1-3H3. The number of carbonyl (C=O) groups excluding carboxylic acids is 1. The zero-order valence-electron chi connectivity index (χ0n) is 12.5. The Kier molecular flexibility index (Phi) is 5.84. The third-order valence-corrected chi connectivity index (χ3v) is 5.78. The number of nitrogens with zero attached hydrogens (tertiary/aromatic N) is 3. The van der Waals surface area contributed by atoms with E-state index in [4.69, 9.17) is 0 Å². The monoisotopic (exact) mass is 313 g/mol. The van der Waals surface area contributed by atoms with Crippen molar-refractivity contribution in [3.8, 4) is 0 Å². The minimum Gasteiger partial charge on any atom is -0.339 e. The largest absolute Gasteiger partial charge is 0.339 e. The minimum absolute atomic E-state index is 0.0794. The number of hydrogen-bond donors (Lipinski definition) is 0. The van der Waals surface area contributed by atoms with Gasteiger partial charge in [0.05, 0.1) is 5.25 Å². The summed E-state index contributed by atoms with van der Waals surface area (Å²) in [7, 11) is 0. The molecule has 0 aromatic carbocycles. The van der Waals surface area contributed by atoms with E-state index >= 15 is 0 Å². The van der Waals surface area contributed by atoms with Crippen LogP contribution >= 0.6 is 23.1 Å². The fraction of sp³-hybridized carbons (Fsp3) is 0.786. The molecule has 1 amide bonds. The molecule has 1 heterocycles. The van der Waals surface area contributed by atoms with E-state index in [2.05, 4.69) is 22.0 Å². The average molecular weight is 313 g/mol. The van der Waals surface area contributed by atoms with Crippen molar-refractivity contribution in [3.63, 3.8) is 0 Å². The number of amides is 1. The zero-order chi connectivity index (χ0) is 14.5. The molecule has 1 aromatic rings. The topological polar surface area (TPSA) is 46.1 Å². The lowest BCUT2D eigenvalue weighted by Crippen LogP contribution is -2.44. The third-order valence-electron chi connectivity index (χ3n) is 3.77. The van der Waals surface area contributed by atoms with E-state index < -0.39 is 0 Å². The fourth-order valence-electron chi connectivity index (χ4n) is 2.75.